The molecule has 0 bridgehead atoms. The molecular weight excluding hydrogens is 266 g/mol. The Hall–Kier alpha value is -2.27. The van der Waals surface area contributed by atoms with Gasteiger partial charge in [-0.15, -0.1) is 0 Å². The van der Waals surface area contributed by atoms with E-state index in [2.05, 4.69) is 15.5 Å². The van der Waals surface area contributed by atoms with Gasteiger partial charge in [-0.2, -0.15) is 10.2 Å². The number of benzene rings is 1. The van der Waals surface area contributed by atoms with E-state index in [4.69, 9.17) is 0 Å². The molecule has 5 nitrogen and oxygen atoms in total. The van der Waals surface area contributed by atoms with Gasteiger partial charge in [0.1, 0.15) is 0 Å². The van der Waals surface area contributed by atoms with Gasteiger partial charge in [0, 0.05) is 0 Å². The van der Waals surface area contributed by atoms with Crippen LogP contribution >= 0.6 is 0 Å². The van der Waals surface area contributed by atoms with E-state index in [1.165, 1.54) is 0 Å². The maximum absolute atomic E-state index is 12.5. The van der Waals surface area contributed by atoms with Crippen molar-refractivity contribution < 1.29 is 9.90 Å². The van der Waals surface area contributed by atoms with Crippen LogP contribution in [0.3, 0.4) is 0 Å². The molecule has 1 unspecified atom stereocenters. The fourth-order valence-corrected chi connectivity index (χ4v) is 2.11. The number of amides is 1. The Morgan fingerprint density at radius 2 is 1.90 bits per heavy atom. The predicted molar refractivity (Wildman–Crippen MR) is 79.9 cm³/mol. The highest BCUT2D eigenvalue weighted by Gasteiger charge is 2.28. The van der Waals surface area contributed by atoms with E-state index in [0.29, 0.717) is 17.0 Å². The first-order valence-electron chi connectivity index (χ1n) is 6.76. The molecule has 1 aromatic carbocycles. The van der Waals surface area contributed by atoms with Crippen molar-refractivity contribution in [1.82, 2.24) is 15.5 Å². The summed E-state index contributed by atoms with van der Waals surface area (Å²) in [4.78, 5) is 12.5. The van der Waals surface area contributed by atoms with Crippen molar-refractivity contribution in [2.75, 3.05) is 6.61 Å². The van der Waals surface area contributed by atoms with Crippen molar-refractivity contribution in [3.8, 4) is 0 Å². The average molecular weight is 285 g/mol. The summed E-state index contributed by atoms with van der Waals surface area (Å²) in [6.07, 6.45) is 0. The lowest BCUT2D eigenvalue weighted by atomic mass is 9.92. The van der Waals surface area contributed by atoms with Crippen molar-refractivity contribution in [3.05, 3.63) is 58.9 Å². The zero-order valence-corrected chi connectivity index (χ0v) is 12.4. The second-order valence-corrected chi connectivity index (χ2v) is 5.30. The molecule has 2 aromatic rings. The van der Waals surface area contributed by atoms with Crippen LogP contribution in [0.15, 0.2) is 36.4 Å². The minimum Gasteiger partial charge on any atom is -0.394 e. The third kappa shape index (κ3) is 3.25. The monoisotopic (exact) mass is 285 g/mol. The Morgan fingerprint density at radius 3 is 2.52 bits per heavy atom. The molecule has 0 aliphatic carbocycles. The number of aryl methyl sites for hydroxylation is 2. The topological polar surface area (TPSA) is 75.1 Å². The molecule has 0 saturated carbocycles. The van der Waals surface area contributed by atoms with Crippen LogP contribution in [0.2, 0.25) is 0 Å². The summed E-state index contributed by atoms with van der Waals surface area (Å²) < 4.78 is 0. The smallest absolute Gasteiger partial charge is 0.254 e. The molecule has 0 spiro atoms. The van der Waals surface area contributed by atoms with E-state index in [0.717, 1.165) is 5.56 Å². The van der Waals surface area contributed by atoms with Crippen LogP contribution in [0, 0.1) is 13.8 Å². The largest absolute Gasteiger partial charge is 0.394 e. The highest BCUT2D eigenvalue weighted by atomic mass is 16.3. The zero-order valence-electron chi connectivity index (χ0n) is 12.4. The van der Waals surface area contributed by atoms with Crippen LogP contribution in [0.25, 0.3) is 0 Å². The van der Waals surface area contributed by atoms with Crippen molar-refractivity contribution in [3.63, 3.8) is 0 Å². The van der Waals surface area contributed by atoms with Crippen molar-refractivity contribution in [2.45, 2.75) is 26.3 Å². The molecule has 0 radical (unpaired) electrons. The van der Waals surface area contributed by atoms with E-state index in [1.54, 1.807) is 26.8 Å². The second-order valence-electron chi connectivity index (χ2n) is 5.30. The number of carbonyl (C=O) groups excluding carboxylic acids is 1. The Balaban J connectivity index is 2.30. The van der Waals surface area contributed by atoms with Gasteiger partial charge in [0.2, 0.25) is 0 Å². The molecule has 1 atom stereocenters. The molecule has 2 N–H and O–H groups in total. The summed E-state index contributed by atoms with van der Waals surface area (Å²) in [5, 5.41) is 20.5. The molecule has 0 fully saturated rings. The van der Waals surface area contributed by atoms with Crippen molar-refractivity contribution >= 4 is 5.91 Å². The van der Waals surface area contributed by atoms with Crippen molar-refractivity contribution in [2.24, 2.45) is 0 Å². The molecule has 1 amide bonds. The first kappa shape index (κ1) is 15.1. The quantitative estimate of drug-likeness (QED) is 0.897. The Labute approximate surface area is 124 Å². The average Bonchev–Trinajstić information content (AvgIpc) is 2.50. The van der Waals surface area contributed by atoms with Crippen LogP contribution in [0.4, 0.5) is 0 Å². The second kappa shape index (κ2) is 6.01. The minimum absolute atomic E-state index is 0.195. The molecular formula is C16H19N3O2. The standard InChI is InChI=1S/C16H19N3O2/c1-11-9-14(12(2)19-18-11)15(21)17-16(3,10-20)13-7-5-4-6-8-13/h4-9,20H,10H2,1-3H3,(H,17,21). The van der Waals surface area contributed by atoms with E-state index in [-0.39, 0.29) is 12.5 Å². The van der Waals surface area contributed by atoms with Gasteiger partial charge in [-0.05, 0) is 32.4 Å². The number of nitrogens with zero attached hydrogens (tertiary/aromatic N) is 2. The summed E-state index contributed by atoms with van der Waals surface area (Å²) >= 11 is 0. The van der Waals surface area contributed by atoms with Crippen LogP contribution in [0.1, 0.15) is 34.2 Å². The fourth-order valence-electron chi connectivity index (χ4n) is 2.11. The SMILES string of the molecule is Cc1cc(C(=O)NC(C)(CO)c2ccccc2)c(C)nn1. The number of aliphatic hydroxyl groups excluding tert-OH is 1. The van der Waals surface area contributed by atoms with Crippen LogP contribution in [0.5, 0.6) is 0 Å². The summed E-state index contributed by atoms with van der Waals surface area (Å²) in [7, 11) is 0. The molecule has 5 heteroatoms. The summed E-state index contributed by atoms with van der Waals surface area (Å²) in [5.41, 5.74) is 1.71. The number of aromatic nitrogens is 2. The number of hydrogen-bond acceptors (Lipinski definition) is 4. The van der Waals surface area contributed by atoms with E-state index in [9.17, 15) is 9.90 Å². The fraction of sp³-hybridized carbons (Fsp3) is 0.312. The Kier molecular flexibility index (Phi) is 4.33. The molecule has 2 rings (SSSR count). The maximum Gasteiger partial charge on any atom is 0.254 e. The summed E-state index contributed by atoms with van der Waals surface area (Å²) in [5.74, 6) is -0.272. The Bertz CT molecular complexity index is 643. The van der Waals surface area contributed by atoms with E-state index < -0.39 is 5.54 Å². The number of nitrogens with one attached hydrogen (secondary N) is 1. The summed E-state index contributed by atoms with van der Waals surface area (Å²) in [6.45, 7) is 5.11. The molecule has 21 heavy (non-hydrogen) atoms. The summed E-state index contributed by atoms with van der Waals surface area (Å²) in [6, 6.07) is 11.1. The lowest BCUT2D eigenvalue weighted by Gasteiger charge is -2.29. The third-order valence-electron chi connectivity index (χ3n) is 3.46. The maximum atomic E-state index is 12.5. The highest BCUT2D eigenvalue weighted by Crippen LogP contribution is 2.21. The number of rotatable bonds is 4. The van der Waals surface area contributed by atoms with E-state index >= 15 is 0 Å². The van der Waals surface area contributed by atoms with Gasteiger partial charge in [0.15, 0.2) is 0 Å². The third-order valence-corrected chi connectivity index (χ3v) is 3.46. The highest BCUT2D eigenvalue weighted by molar-refractivity contribution is 5.95. The van der Waals surface area contributed by atoms with Gasteiger partial charge >= 0.3 is 0 Å². The van der Waals surface area contributed by atoms with Crippen LogP contribution < -0.4 is 5.32 Å². The predicted octanol–water partition coefficient (Wildman–Crippen LogP) is 1.73. The van der Waals surface area contributed by atoms with Gasteiger partial charge in [-0.3, -0.25) is 4.79 Å². The van der Waals surface area contributed by atoms with Gasteiger partial charge in [-0.1, -0.05) is 30.3 Å². The number of carbonyl (C=O) groups is 1. The molecule has 0 aliphatic heterocycles. The molecule has 110 valence electrons. The van der Waals surface area contributed by atoms with Gasteiger partial charge in [-0.25, -0.2) is 0 Å². The molecule has 1 aromatic heterocycles. The van der Waals surface area contributed by atoms with Crippen LogP contribution in [-0.4, -0.2) is 27.8 Å². The molecule has 0 saturated heterocycles. The van der Waals surface area contributed by atoms with Crippen LogP contribution in [-0.2, 0) is 5.54 Å². The van der Waals surface area contributed by atoms with E-state index in [1.807, 2.05) is 30.3 Å². The molecule has 1 heterocycles. The zero-order chi connectivity index (χ0) is 15.5. The normalized spacial score (nSPS) is 13.5. The lowest BCUT2D eigenvalue weighted by molar-refractivity contribution is 0.0848. The first-order chi connectivity index (χ1) is 9.96. The minimum atomic E-state index is -0.845. The van der Waals surface area contributed by atoms with Crippen molar-refractivity contribution in [1.29, 1.82) is 0 Å². The molecule has 0 aliphatic rings. The van der Waals surface area contributed by atoms with Gasteiger partial charge in [0.05, 0.1) is 29.1 Å². The number of hydrogen-bond donors (Lipinski definition) is 2. The van der Waals surface area contributed by atoms with Gasteiger partial charge in [0.25, 0.3) is 5.91 Å². The first-order valence-corrected chi connectivity index (χ1v) is 6.76. The Morgan fingerprint density at radius 1 is 1.24 bits per heavy atom. The number of aliphatic hydroxyl groups is 1. The lowest BCUT2D eigenvalue weighted by Crippen LogP contribution is -2.46. The van der Waals surface area contributed by atoms with Gasteiger partial charge < -0.3 is 10.4 Å².